The standard InChI is InChI=1S/C16H27N/c1-4-7-12-16(17,6-3)13-15-10-8-14(5-2)9-11-15/h8-11H,4-7,12-13,17H2,1-3H3. The second-order valence-corrected chi connectivity index (χ2v) is 5.17. The second kappa shape index (κ2) is 6.80. The Hall–Kier alpha value is -0.820. The normalized spacial score (nSPS) is 14.6. The van der Waals surface area contributed by atoms with Crippen LogP contribution in [0, 0.1) is 0 Å². The van der Waals surface area contributed by atoms with Crippen LogP contribution >= 0.6 is 0 Å². The lowest BCUT2D eigenvalue weighted by Crippen LogP contribution is -2.41. The van der Waals surface area contributed by atoms with Crippen molar-refractivity contribution in [3.63, 3.8) is 0 Å². The van der Waals surface area contributed by atoms with Crippen LogP contribution in [0.1, 0.15) is 57.6 Å². The highest BCUT2D eigenvalue weighted by atomic mass is 14.7. The molecule has 0 amide bonds. The van der Waals surface area contributed by atoms with Gasteiger partial charge in [-0.1, -0.05) is 57.9 Å². The molecule has 0 radical (unpaired) electrons. The molecule has 2 N–H and O–H groups in total. The number of hydrogen-bond donors (Lipinski definition) is 1. The Morgan fingerprint density at radius 1 is 1.00 bits per heavy atom. The zero-order valence-electron chi connectivity index (χ0n) is 11.6. The summed E-state index contributed by atoms with van der Waals surface area (Å²) >= 11 is 0. The molecule has 1 heteroatoms. The molecule has 0 saturated heterocycles. The van der Waals surface area contributed by atoms with Crippen molar-refractivity contribution >= 4 is 0 Å². The Bertz CT molecular complexity index is 315. The van der Waals surface area contributed by atoms with Crippen LogP contribution < -0.4 is 5.73 Å². The van der Waals surface area contributed by atoms with Gasteiger partial charge in [0.1, 0.15) is 0 Å². The van der Waals surface area contributed by atoms with Crippen molar-refractivity contribution in [1.82, 2.24) is 0 Å². The van der Waals surface area contributed by atoms with E-state index in [1.165, 1.54) is 24.0 Å². The summed E-state index contributed by atoms with van der Waals surface area (Å²) in [6.45, 7) is 6.62. The van der Waals surface area contributed by atoms with E-state index >= 15 is 0 Å². The van der Waals surface area contributed by atoms with Gasteiger partial charge in [-0.15, -0.1) is 0 Å². The smallest absolute Gasteiger partial charge is 0.0192 e. The van der Waals surface area contributed by atoms with Gasteiger partial charge in [0.05, 0.1) is 0 Å². The zero-order valence-corrected chi connectivity index (χ0v) is 11.6. The Labute approximate surface area is 106 Å². The van der Waals surface area contributed by atoms with Crippen LogP contribution in [0.15, 0.2) is 24.3 Å². The summed E-state index contributed by atoms with van der Waals surface area (Å²) in [6.07, 6.45) is 6.77. The van der Waals surface area contributed by atoms with Gasteiger partial charge in [-0.2, -0.15) is 0 Å². The minimum atomic E-state index is -0.0102. The number of aryl methyl sites for hydroxylation is 1. The number of nitrogens with two attached hydrogens (primary N) is 1. The van der Waals surface area contributed by atoms with Crippen molar-refractivity contribution in [3.8, 4) is 0 Å². The molecule has 17 heavy (non-hydrogen) atoms. The van der Waals surface area contributed by atoms with E-state index in [0.29, 0.717) is 0 Å². The summed E-state index contributed by atoms with van der Waals surface area (Å²) in [6, 6.07) is 8.93. The average molecular weight is 233 g/mol. The summed E-state index contributed by atoms with van der Waals surface area (Å²) < 4.78 is 0. The topological polar surface area (TPSA) is 26.0 Å². The van der Waals surface area contributed by atoms with E-state index in [0.717, 1.165) is 25.7 Å². The fraction of sp³-hybridized carbons (Fsp3) is 0.625. The highest BCUT2D eigenvalue weighted by Crippen LogP contribution is 2.21. The van der Waals surface area contributed by atoms with Crippen LogP contribution in [0.25, 0.3) is 0 Å². The van der Waals surface area contributed by atoms with Crippen LogP contribution in [-0.4, -0.2) is 5.54 Å². The Balaban J connectivity index is 2.65. The molecule has 0 aliphatic carbocycles. The van der Waals surface area contributed by atoms with Crippen LogP contribution in [0.4, 0.5) is 0 Å². The third-order valence-electron chi connectivity index (χ3n) is 3.72. The van der Waals surface area contributed by atoms with Crippen molar-refractivity contribution < 1.29 is 0 Å². The van der Waals surface area contributed by atoms with Gasteiger partial charge in [0.15, 0.2) is 0 Å². The molecule has 1 atom stereocenters. The number of hydrogen-bond acceptors (Lipinski definition) is 1. The predicted octanol–water partition coefficient (Wildman–Crippen LogP) is 4.09. The maximum absolute atomic E-state index is 6.49. The molecule has 1 aromatic carbocycles. The monoisotopic (exact) mass is 233 g/mol. The molecule has 1 unspecified atom stereocenters. The van der Waals surface area contributed by atoms with E-state index in [2.05, 4.69) is 45.0 Å². The molecule has 0 spiro atoms. The maximum atomic E-state index is 6.49. The molecule has 0 saturated carbocycles. The zero-order chi connectivity index (χ0) is 12.7. The summed E-state index contributed by atoms with van der Waals surface area (Å²) in [5.74, 6) is 0. The first-order valence-corrected chi connectivity index (χ1v) is 7.00. The van der Waals surface area contributed by atoms with Gasteiger partial charge in [0, 0.05) is 5.54 Å². The fourth-order valence-electron chi connectivity index (χ4n) is 2.22. The molecule has 0 aliphatic heterocycles. The summed E-state index contributed by atoms with van der Waals surface area (Å²) in [7, 11) is 0. The Morgan fingerprint density at radius 3 is 2.06 bits per heavy atom. The first kappa shape index (κ1) is 14.2. The average Bonchev–Trinajstić information content (AvgIpc) is 2.37. The van der Waals surface area contributed by atoms with Crippen LogP contribution in [0.5, 0.6) is 0 Å². The van der Waals surface area contributed by atoms with E-state index < -0.39 is 0 Å². The minimum Gasteiger partial charge on any atom is -0.325 e. The molecular formula is C16H27N. The van der Waals surface area contributed by atoms with Gasteiger partial charge in [-0.3, -0.25) is 0 Å². The van der Waals surface area contributed by atoms with E-state index in [1.807, 2.05) is 0 Å². The quantitative estimate of drug-likeness (QED) is 0.754. The number of rotatable bonds is 7. The molecule has 0 heterocycles. The van der Waals surface area contributed by atoms with Gasteiger partial charge in [0.25, 0.3) is 0 Å². The number of unbranched alkanes of at least 4 members (excludes halogenated alkanes) is 1. The maximum Gasteiger partial charge on any atom is 0.0192 e. The van der Waals surface area contributed by atoms with Gasteiger partial charge in [-0.05, 0) is 36.8 Å². The second-order valence-electron chi connectivity index (χ2n) is 5.17. The van der Waals surface area contributed by atoms with Crippen LogP contribution in [-0.2, 0) is 12.8 Å². The van der Waals surface area contributed by atoms with Gasteiger partial charge in [0.2, 0.25) is 0 Å². The van der Waals surface area contributed by atoms with E-state index in [1.54, 1.807) is 0 Å². The molecule has 0 fully saturated rings. The largest absolute Gasteiger partial charge is 0.325 e. The van der Waals surface area contributed by atoms with Crippen molar-refractivity contribution in [2.75, 3.05) is 0 Å². The van der Waals surface area contributed by atoms with E-state index in [-0.39, 0.29) is 5.54 Å². The predicted molar refractivity (Wildman–Crippen MR) is 76.3 cm³/mol. The molecule has 1 nitrogen and oxygen atoms in total. The summed E-state index contributed by atoms with van der Waals surface area (Å²) in [5, 5.41) is 0. The van der Waals surface area contributed by atoms with Crippen LogP contribution in [0.3, 0.4) is 0 Å². The van der Waals surface area contributed by atoms with Gasteiger partial charge < -0.3 is 5.73 Å². The Morgan fingerprint density at radius 2 is 1.59 bits per heavy atom. The fourth-order valence-corrected chi connectivity index (χ4v) is 2.22. The van der Waals surface area contributed by atoms with Crippen molar-refractivity contribution in [1.29, 1.82) is 0 Å². The highest BCUT2D eigenvalue weighted by Gasteiger charge is 2.22. The molecular weight excluding hydrogens is 206 g/mol. The third kappa shape index (κ3) is 4.51. The SMILES string of the molecule is CCCCC(N)(CC)Cc1ccc(CC)cc1. The Kier molecular flexibility index (Phi) is 5.70. The summed E-state index contributed by atoms with van der Waals surface area (Å²) in [5.41, 5.74) is 9.26. The number of benzene rings is 1. The van der Waals surface area contributed by atoms with Crippen LogP contribution in [0.2, 0.25) is 0 Å². The van der Waals surface area contributed by atoms with Crippen molar-refractivity contribution in [3.05, 3.63) is 35.4 Å². The summed E-state index contributed by atoms with van der Waals surface area (Å²) in [4.78, 5) is 0. The molecule has 0 aliphatic rings. The van der Waals surface area contributed by atoms with Crippen molar-refractivity contribution in [2.45, 2.75) is 64.8 Å². The minimum absolute atomic E-state index is 0.0102. The molecule has 0 bridgehead atoms. The first-order valence-electron chi connectivity index (χ1n) is 7.00. The lowest BCUT2D eigenvalue weighted by molar-refractivity contribution is 0.365. The molecule has 1 aromatic rings. The van der Waals surface area contributed by atoms with E-state index in [4.69, 9.17) is 5.73 Å². The van der Waals surface area contributed by atoms with Gasteiger partial charge in [-0.25, -0.2) is 0 Å². The molecule has 0 aromatic heterocycles. The highest BCUT2D eigenvalue weighted by molar-refractivity contribution is 5.24. The lowest BCUT2D eigenvalue weighted by Gasteiger charge is -2.28. The van der Waals surface area contributed by atoms with Crippen molar-refractivity contribution in [2.24, 2.45) is 5.73 Å². The third-order valence-corrected chi connectivity index (χ3v) is 3.72. The lowest BCUT2D eigenvalue weighted by atomic mass is 9.84. The van der Waals surface area contributed by atoms with Gasteiger partial charge >= 0.3 is 0 Å². The molecule has 96 valence electrons. The first-order chi connectivity index (χ1) is 8.13. The van der Waals surface area contributed by atoms with E-state index in [9.17, 15) is 0 Å². The molecule has 1 rings (SSSR count).